The van der Waals surface area contributed by atoms with Crippen LogP contribution in [0.1, 0.15) is 20.3 Å². The largest absolute Gasteiger partial charge is 0.341 e. The van der Waals surface area contributed by atoms with E-state index in [0.29, 0.717) is 6.42 Å². The number of hydrogen-bond acceptors (Lipinski definition) is 3. The van der Waals surface area contributed by atoms with Gasteiger partial charge in [-0.25, -0.2) is 0 Å². The van der Waals surface area contributed by atoms with Gasteiger partial charge < -0.3 is 10.6 Å². The average molecular weight is 202 g/mol. The molecule has 76 valence electrons. The molecule has 0 aliphatic carbocycles. The maximum absolute atomic E-state index is 11.7. The summed E-state index contributed by atoms with van der Waals surface area (Å²) in [5.41, 5.74) is 5.42. The molecule has 1 amide bonds. The van der Waals surface area contributed by atoms with Gasteiger partial charge in [-0.2, -0.15) is 11.8 Å². The first-order chi connectivity index (χ1) is 5.99. The van der Waals surface area contributed by atoms with Crippen molar-refractivity contribution >= 4 is 17.7 Å². The first-order valence-corrected chi connectivity index (χ1v) is 5.79. The Morgan fingerprint density at radius 2 is 2.00 bits per heavy atom. The lowest BCUT2D eigenvalue weighted by atomic mass is 10.0. The third-order valence-electron chi connectivity index (χ3n) is 1.97. The average Bonchev–Trinajstić information content (AvgIpc) is 2.03. The van der Waals surface area contributed by atoms with Crippen molar-refractivity contribution in [3.8, 4) is 0 Å². The molecule has 0 aromatic heterocycles. The van der Waals surface area contributed by atoms with E-state index >= 15 is 0 Å². The number of carbonyl (C=O) groups is 1. The zero-order valence-electron chi connectivity index (χ0n) is 8.38. The summed E-state index contributed by atoms with van der Waals surface area (Å²) in [6, 6.07) is 0. The van der Waals surface area contributed by atoms with E-state index < -0.39 is 0 Å². The first kappa shape index (κ1) is 10.9. The molecule has 0 unspecified atom stereocenters. The van der Waals surface area contributed by atoms with Crippen molar-refractivity contribution in [1.82, 2.24) is 4.90 Å². The molecule has 1 heterocycles. The first-order valence-electron chi connectivity index (χ1n) is 4.63. The minimum absolute atomic E-state index is 0.202. The Balaban J connectivity index is 2.38. The van der Waals surface area contributed by atoms with Gasteiger partial charge in [-0.05, 0) is 13.8 Å². The molecule has 3 nitrogen and oxygen atoms in total. The molecular weight excluding hydrogens is 184 g/mol. The predicted molar refractivity (Wildman–Crippen MR) is 56.8 cm³/mol. The summed E-state index contributed by atoms with van der Waals surface area (Å²) in [5.74, 6) is 2.33. The highest BCUT2D eigenvalue weighted by Crippen LogP contribution is 2.13. The third kappa shape index (κ3) is 4.00. The van der Waals surface area contributed by atoms with Gasteiger partial charge in [0.25, 0.3) is 0 Å². The molecule has 1 aliphatic rings. The topological polar surface area (TPSA) is 46.3 Å². The van der Waals surface area contributed by atoms with Crippen molar-refractivity contribution in [2.75, 3.05) is 24.6 Å². The van der Waals surface area contributed by atoms with Crippen LogP contribution in [0.25, 0.3) is 0 Å². The quantitative estimate of drug-likeness (QED) is 0.716. The molecule has 0 atom stereocenters. The lowest BCUT2D eigenvalue weighted by Crippen LogP contribution is -2.44. The molecule has 2 N–H and O–H groups in total. The Morgan fingerprint density at radius 3 is 2.46 bits per heavy atom. The molecular formula is C9H18N2OS. The highest BCUT2D eigenvalue weighted by Gasteiger charge is 2.22. The van der Waals surface area contributed by atoms with E-state index in [1.165, 1.54) is 0 Å². The van der Waals surface area contributed by atoms with Gasteiger partial charge in [0.05, 0.1) is 0 Å². The summed E-state index contributed by atoms with van der Waals surface area (Å²) in [5, 5.41) is 0. The maximum Gasteiger partial charge on any atom is 0.224 e. The number of nitrogens with zero attached hydrogens (tertiary/aromatic N) is 1. The van der Waals surface area contributed by atoms with E-state index in [4.69, 9.17) is 5.73 Å². The fourth-order valence-electron chi connectivity index (χ4n) is 1.31. The van der Waals surface area contributed by atoms with Crippen molar-refractivity contribution in [3.63, 3.8) is 0 Å². The Hall–Kier alpha value is -0.220. The number of thioether (sulfide) groups is 1. The summed E-state index contributed by atoms with van der Waals surface area (Å²) in [6.45, 7) is 5.56. The third-order valence-corrected chi connectivity index (χ3v) is 2.91. The van der Waals surface area contributed by atoms with Crippen LogP contribution in [-0.4, -0.2) is 40.9 Å². The van der Waals surface area contributed by atoms with Crippen molar-refractivity contribution in [2.24, 2.45) is 5.73 Å². The number of amides is 1. The van der Waals surface area contributed by atoms with Crippen LogP contribution in [0, 0.1) is 0 Å². The fraction of sp³-hybridized carbons (Fsp3) is 0.889. The summed E-state index contributed by atoms with van der Waals surface area (Å²) in [7, 11) is 0. The number of nitrogens with two attached hydrogens (primary N) is 1. The molecule has 4 heteroatoms. The van der Waals surface area contributed by atoms with Crippen LogP contribution in [0.4, 0.5) is 0 Å². The zero-order chi connectivity index (χ0) is 9.90. The summed E-state index contributed by atoms with van der Waals surface area (Å²) in [6.07, 6.45) is 0.456. The van der Waals surface area contributed by atoms with Crippen molar-refractivity contribution in [3.05, 3.63) is 0 Å². The minimum atomic E-state index is -0.373. The van der Waals surface area contributed by atoms with Gasteiger partial charge in [0.2, 0.25) is 5.91 Å². The summed E-state index contributed by atoms with van der Waals surface area (Å²) >= 11 is 1.91. The molecule has 1 rings (SSSR count). The van der Waals surface area contributed by atoms with Crippen LogP contribution < -0.4 is 5.73 Å². The van der Waals surface area contributed by atoms with Crippen LogP contribution in [0.3, 0.4) is 0 Å². The predicted octanol–water partition coefficient (Wildman–Crippen LogP) is 0.689. The van der Waals surface area contributed by atoms with E-state index in [-0.39, 0.29) is 11.4 Å². The molecule has 0 aromatic carbocycles. The van der Waals surface area contributed by atoms with E-state index in [9.17, 15) is 4.79 Å². The highest BCUT2D eigenvalue weighted by atomic mass is 32.2. The molecule has 0 aromatic rings. The molecule has 0 radical (unpaired) electrons. The minimum Gasteiger partial charge on any atom is -0.341 e. The lowest BCUT2D eigenvalue weighted by molar-refractivity contribution is -0.131. The van der Waals surface area contributed by atoms with Crippen LogP contribution in [0.15, 0.2) is 0 Å². The second-order valence-corrected chi connectivity index (χ2v) is 5.38. The summed E-state index contributed by atoms with van der Waals surface area (Å²) in [4.78, 5) is 13.6. The van der Waals surface area contributed by atoms with Gasteiger partial charge >= 0.3 is 0 Å². The number of hydrogen-bond donors (Lipinski definition) is 1. The normalized spacial score (nSPS) is 18.8. The van der Waals surface area contributed by atoms with Crippen LogP contribution >= 0.6 is 11.8 Å². The van der Waals surface area contributed by atoms with E-state index in [1.807, 2.05) is 30.5 Å². The fourth-order valence-corrected chi connectivity index (χ4v) is 2.22. The second-order valence-electron chi connectivity index (χ2n) is 4.16. The van der Waals surface area contributed by atoms with Gasteiger partial charge in [-0.15, -0.1) is 0 Å². The zero-order valence-corrected chi connectivity index (χ0v) is 9.19. The van der Waals surface area contributed by atoms with Crippen molar-refractivity contribution in [2.45, 2.75) is 25.8 Å². The smallest absolute Gasteiger partial charge is 0.224 e. The van der Waals surface area contributed by atoms with E-state index in [0.717, 1.165) is 24.6 Å². The molecule has 0 spiro atoms. The molecule has 1 fully saturated rings. The standard InChI is InChI=1S/C9H18N2OS/c1-9(2,10)7-8(12)11-3-5-13-6-4-11/h3-7,10H2,1-2H3. The molecule has 1 aliphatic heterocycles. The molecule has 0 saturated carbocycles. The highest BCUT2D eigenvalue weighted by molar-refractivity contribution is 7.99. The molecule has 0 bridgehead atoms. The van der Waals surface area contributed by atoms with Gasteiger partial charge in [-0.3, -0.25) is 4.79 Å². The number of carbonyl (C=O) groups excluding carboxylic acids is 1. The molecule has 1 saturated heterocycles. The van der Waals surface area contributed by atoms with Gasteiger partial charge in [0.1, 0.15) is 0 Å². The molecule has 13 heavy (non-hydrogen) atoms. The van der Waals surface area contributed by atoms with Crippen LogP contribution in [0.5, 0.6) is 0 Å². The van der Waals surface area contributed by atoms with Gasteiger partial charge in [-0.1, -0.05) is 0 Å². The van der Waals surface area contributed by atoms with E-state index in [1.54, 1.807) is 0 Å². The van der Waals surface area contributed by atoms with Crippen LogP contribution in [-0.2, 0) is 4.79 Å². The monoisotopic (exact) mass is 202 g/mol. The SMILES string of the molecule is CC(C)(N)CC(=O)N1CCSCC1. The summed E-state index contributed by atoms with van der Waals surface area (Å²) < 4.78 is 0. The second kappa shape index (κ2) is 4.33. The Kier molecular flexibility index (Phi) is 3.62. The Morgan fingerprint density at radius 1 is 1.46 bits per heavy atom. The Labute approximate surface area is 84.0 Å². The van der Waals surface area contributed by atoms with Crippen molar-refractivity contribution < 1.29 is 4.79 Å². The van der Waals surface area contributed by atoms with Crippen molar-refractivity contribution in [1.29, 1.82) is 0 Å². The van der Waals surface area contributed by atoms with Crippen LogP contribution in [0.2, 0.25) is 0 Å². The Bertz CT molecular complexity index is 183. The van der Waals surface area contributed by atoms with Gasteiger partial charge in [0, 0.05) is 36.6 Å². The maximum atomic E-state index is 11.7. The van der Waals surface area contributed by atoms with E-state index in [2.05, 4.69) is 0 Å². The number of rotatable bonds is 2. The van der Waals surface area contributed by atoms with Gasteiger partial charge in [0.15, 0.2) is 0 Å². The lowest BCUT2D eigenvalue weighted by Gasteiger charge is -2.29.